The molecule has 2 rings (SSSR count). The van der Waals surface area contributed by atoms with E-state index in [1.165, 1.54) is 5.56 Å². The summed E-state index contributed by atoms with van der Waals surface area (Å²) in [5, 5.41) is 18.8. The molecule has 0 bridgehead atoms. The Balaban J connectivity index is 2.28. The highest BCUT2D eigenvalue weighted by Crippen LogP contribution is 2.21. The molecule has 0 amide bonds. The fraction of sp³-hybridized carbons (Fsp3) is 0.214. The number of hydrogen-bond acceptors (Lipinski definition) is 3. The van der Waals surface area contributed by atoms with Gasteiger partial charge in [-0.05, 0) is 5.56 Å². The van der Waals surface area contributed by atoms with Crippen molar-refractivity contribution in [2.45, 2.75) is 12.5 Å². The Bertz CT molecular complexity index is 634. The second-order valence-electron chi connectivity index (χ2n) is 4.08. The van der Waals surface area contributed by atoms with Crippen LogP contribution in [-0.2, 0) is 6.54 Å². The maximum atomic E-state index is 9.10. The van der Waals surface area contributed by atoms with Gasteiger partial charge in [-0.2, -0.15) is 10.5 Å². The molecule has 94 valence electrons. The monoisotopic (exact) mass is 314 g/mol. The van der Waals surface area contributed by atoms with E-state index in [9.17, 15) is 0 Å². The molecule has 0 saturated heterocycles. The Morgan fingerprint density at radius 1 is 1.21 bits per heavy atom. The van der Waals surface area contributed by atoms with E-state index in [1.807, 2.05) is 30.3 Å². The van der Waals surface area contributed by atoms with Crippen molar-refractivity contribution in [3.05, 3.63) is 53.6 Å². The zero-order chi connectivity index (χ0) is 13.7. The van der Waals surface area contributed by atoms with E-state index < -0.39 is 0 Å². The first-order valence-corrected chi connectivity index (χ1v) is 6.88. The van der Waals surface area contributed by atoms with Crippen molar-refractivity contribution < 1.29 is 0 Å². The van der Waals surface area contributed by atoms with Gasteiger partial charge in [0.15, 0.2) is 11.4 Å². The number of aromatic nitrogens is 2. The lowest BCUT2D eigenvalue weighted by molar-refractivity contribution is 0.601. The summed E-state index contributed by atoms with van der Waals surface area (Å²) in [4.78, 5) is 3.95. The van der Waals surface area contributed by atoms with Crippen LogP contribution in [-0.4, -0.2) is 14.9 Å². The molecule has 0 radical (unpaired) electrons. The highest BCUT2D eigenvalue weighted by atomic mass is 79.9. The molecule has 1 unspecified atom stereocenters. The van der Waals surface area contributed by atoms with Crippen LogP contribution in [0.5, 0.6) is 0 Å². The maximum absolute atomic E-state index is 9.10. The van der Waals surface area contributed by atoms with Crippen LogP contribution < -0.4 is 0 Å². The summed E-state index contributed by atoms with van der Waals surface area (Å²) in [6.45, 7) is 0.618. The number of alkyl halides is 1. The van der Waals surface area contributed by atoms with Gasteiger partial charge in [0.2, 0.25) is 0 Å². The van der Waals surface area contributed by atoms with Crippen LogP contribution in [0, 0.1) is 22.7 Å². The molecule has 19 heavy (non-hydrogen) atoms. The van der Waals surface area contributed by atoms with E-state index in [1.54, 1.807) is 10.9 Å². The third-order valence-corrected chi connectivity index (χ3v) is 3.71. The predicted molar refractivity (Wildman–Crippen MR) is 74.6 cm³/mol. The number of halogens is 1. The summed E-state index contributed by atoms with van der Waals surface area (Å²) >= 11 is 3.50. The molecule has 0 fully saturated rings. The zero-order valence-electron chi connectivity index (χ0n) is 10.1. The predicted octanol–water partition coefficient (Wildman–Crippen LogP) is 2.81. The van der Waals surface area contributed by atoms with Gasteiger partial charge in [-0.25, -0.2) is 4.98 Å². The van der Waals surface area contributed by atoms with Crippen LogP contribution in [0.2, 0.25) is 0 Å². The smallest absolute Gasteiger partial charge is 0.176 e. The van der Waals surface area contributed by atoms with Crippen molar-refractivity contribution >= 4 is 15.9 Å². The molecule has 1 aromatic heterocycles. The van der Waals surface area contributed by atoms with E-state index in [0.29, 0.717) is 12.2 Å². The minimum Gasteiger partial charge on any atom is -0.321 e. The topological polar surface area (TPSA) is 65.4 Å². The van der Waals surface area contributed by atoms with Gasteiger partial charge in [0, 0.05) is 17.8 Å². The molecule has 0 N–H and O–H groups in total. The minimum absolute atomic E-state index is 0.184. The fourth-order valence-electron chi connectivity index (χ4n) is 1.93. The average molecular weight is 315 g/mol. The van der Waals surface area contributed by atoms with E-state index in [-0.39, 0.29) is 11.6 Å². The highest BCUT2D eigenvalue weighted by Gasteiger charge is 2.15. The van der Waals surface area contributed by atoms with Gasteiger partial charge in [0.25, 0.3) is 0 Å². The second kappa shape index (κ2) is 6.17. The Hall–Kier alpha value is -2.11. The van der Waals surface area contributed by atoms with Crippen LogP contribution in [0.1, 0.15) is 22.9 Å². The van der Waals surface area contributed by atoms with Crippen molar-refractivity contribution in [3.8, 4) is 12.1 Å². The number of benzene rings is 1. The van der Waals surface area contributed by atoms with Gasteiger partial charge < -0.3 is 4.57 Å². The molecule has 0 spiro atoms. The number of nitriles is 2. The van der Waals surface area contributed by atoms with Crippen LogP contribution >= 0.6 is 15.9 Å². The van der Waals surface area contributed by atoms with Crippen LogP contribution in [0.4, 0.5) is 0 Å². The van der Waals surface area contributed by atoms with E-state index in [4.69, 9.17) is 10.5 Å². The second-order valence-corrected chi connectivity index (χ2v) is 4.73. The van der Waals surface area contributed by atoms with E-state index in [0.717, 1.165) is 5.33 Å². The molecule has 1 aromatic carbocycles. The lowest BCUT2D eigenvalue weighted by atomic mass is 10.0. The standard InChI is InChI=1S/C14H11BrN4/c15-6-12(11-4-2-1-3-5-11)9-19-10-18-13(7-16)14(19)8-17/h1-5,10,12H,6,9H2. The Morgan fingerprint density at radius 3 is 2.53 bits per heavy atom. The molecule has 0 aliphatic carbocycles. The maximum Gasteiger partial charge on any atom is 0.176 e. The molecule has 1 atom stereocenters. The van der Waals surface area contributed by atoms with Crippen molar-refractivity contribution in [1.29, 1.82) is 10.5 Å². The number of nitrogens with zero attached hydrogens (tertiary/aromatic N) is 4. The van der Waals surface area contributed by atoms with Gasteiger partial charge in [-0.1, -0.05) is 46.3 Å². The average Bonchev–Trinajstić information content (AvgIpc) is 2.87. The first-order chi connectivity index (χ1) is 9.30. The molecule has 0 aliphatic heterocycles. The van der Waals surface area contributed by atoms with Gasteiger partial charge in [-0.15, -0.1) is 0 Å². The molecule has 2 aromatic rings. The first-order valence-electron chi connectivity index (χ1n) is 5.76. The van der Waals surface area contributed by atoms with Gasteiger partial charge in [0.1, 0.15) is 12.1 Å². The summed E-state index contributed by atoms with van der Waals surface area (Å²) in [6.07, 6.45) is 1.55. The van der Waals surface area contributed by atoms with Crippen molar-refractivity contribution in [1.82, 2.24) is 9.55 Å². The molecule has 5 heteroatoms. The Kier molecular flexibility index (Phi) is 4.33. The lowest BCUT2D eigenvalue weighted by Crippen LogP contribution is -2.11. The number of imidazole rings is 1. The minimum atomic E-state index is 0.184. The van der Waals surface area contributed by atoms with Crippen molar-refractivity contribution in [2.24, 2.45) is 0 Å². The SMILES string of the molecule is N#Cc1ncn(CC(CBr)c2ccccc2)c1C#N. The van der Waals surface area contributed by atoms with Crippen molar-refractivity contribution in [3.63, 3.8) is 0 Å². The molecule has 1 heterocycles. The zero-order valence-corrected chi connectivity index (χ0v) is 11.7. The first kappa shape index (κ1) is 13.3. The fourth-order valence-corrected chi connectivity index (χ4v) is 2.50. The normalized spacial score (nSPS) is 11.5. The lowest BCUT2D eigenvalue weighted by Gasteiger charge is -2.15. The van der Waals surface area contributed by atoms with Gasteiger partial charge in [-0.3, -0.25) is 0 Å². The Labute approximate surface area is 120 Å². The van der Waals surface area contributed by atoms with Gasteiger partial charge >= 0.3 is 0 Å². The molecule has 0 saturated carbocycles. The van der Waals surface area contributed by atoms with Crippen LogP contribution in [0.3, 0.4) is 0 Å². The van der Waals surface area contributed by atoms with E-state index in [2.05, 4.69) is 33.0 Å². The summed E-state index contributed by atoms with van der Waals surface area (Å²) in [5.41, 5.74) is 1.70. The molecule has 4 nitrogen and oxygen atoms in total. The molecule has 0 aliphatic rings. The summed E-state index contributed by atoms with van der Waals surface area (Å²) in [5.74, 6) is 0.231. The third kappa shape index (κ3) is 2.83. The van der Waals surface area contributed by atoms with Crippen LogP contribution in [0.25, 0.3) is 0 Å². The summed E-state index contributed by atoms with van der Waals surface area (Å²) in [6, 6.07) is 14.0. The molecular formula is C14H11BrN4. The molecular weight excluding hydrogens is 304 g/mol. The number of hydrogen-bond donors (Lipinski definition) is 0. The summed E-state index contributed by atoms with van der Waals surface area (Å²) in [7, 11) is 0. The summed E-state index contributed by atoms with van der Waals surface area (Å²) < 4.78 is 1.73. The van der Waals surface area contributed by atoms with Crippen molar-refractivity contribution in [2.75, 3.05) is 5.33 Å². The quantitative estimate of drug-likeness (QED) is 0.815. The third-order valence-electron chi connectivity index (χ3n) is 2.92. The largest absolute Gasteiger partial charge is 0.321 e. The van der Waals surface area contributed by atoms with Crippen LogP contribution in [0.15, 0.2) is 36.7 Å². The van der Waals surface area contributed by atoms with E-state index >= 15 is 0 Å². The highest BCUT2D eigenvalue weighted by molar-refractivity contribution is 9.09. The van der Waals surface area contributed by atoms with Gasteiger partial charge in [0.05, 0.1) is 6.33 Å². The Morgan fingerprint density at radius 2 is 1.95 bits per heavy atom. The number of rotatable bonds is 4.